The molecule has 0 spiro atoms. The van der Waals surface area contributed by atoms with Gasteiger partial charge in [0.05, 0.1) is 11.3 Å². The molecule has 0 bridgehead atoms. The van der Waals surface area contributed by atoms with Crippen LogP contribution in [-0.4, -0.2) is 49.3 Å². The highest BCUT2D eigenvalue weighted by Crippen LogP contribution is 2.38. The molecule has 6 nitrogen and oxygen atoms in total. The van der Waals surface area contributed by atoms with Crippen molar-refractivity contribution in [1.29, 1.82) is 0 Å². The first-order chi connectivity index (χ1) is 12.4. The number of aromatic nitrogens is 2. The van der Waals surface area contributed by atoms with Crippen LogP contribution in [0.15, 0.2) is 24.5 Å². The fraction of sp³-hybridized carbons (Fsp3) is 0.438. The molecule has 0 saturated carbocycles. The molecule has 0 radical (unpaired) electrons. The van der Waals surface area contributed by atoms with E-state index in [1.807, 2.05) is 0 Å². The summed E-state index contributed by atoms with van der Waals surface area (Å²) in [7, 11) is -1.64. The standard InChI is InChI=1S/C16H19F3N3O3S2/c1-4-22(8-9-27(3,24)25)15(23)12-13(16(17,18)19)20-14(26-12)11-6-5-7-21(2)10-11/h5-7,10H,4,8-9H2,1-3H3/q+1. The summed E-state index contributed by atoms with van der Waals surface area (Å²) >= 11 is 0.648. The van der Waals surface area contributed by atoms with Crippen molar-refractivity contribution in [1.82, 2.24) is 9.88 Å². The molecule has 0 N–H and O–H groups in total. The molecule has 2 heterocycles. The van der Waals surface area contributed by atoms with E-state index in [1.54, 1.807) is 43.1 Å². The second-order valence-corrected chi connectivity index (χ2v) is 9.23. The SMILES string of the molecule is CCN(CCS(C)(=O)=O)C(=O)c1sc(-c2ccc[n+](C)c2)nc1C(F)(F)F. The van der Waals surface area contributed by atoms with Crippen LogP contribution in [0.25, 0.3) is 10.6 Å². The average Bonchev–Trinajstić information content (AvgIpc) is 2.99. The van der Waals surface area contributed by atoms with Gasteiger partial charge in [-0.1, -0.05) is 0 Å². The zero-order valence-corrected chi connectivity index (χ0v) is 16.6. The Hall–Kier alpha value is -2.01. The highest BCUT2D eigenvalue weighted by Gasteiger charge is 2.40. The summed E-state index contributed by atoms with van der Waals surface area (Å²) in [4.78, 5) is 16.9. The number of carbonyl (C=O) groups excluding carboxylic acids is 1. The van der Waals surface area contributed by atoms with Gasteiger partial charge in [0.15, 0.2) is 18.1 Å². The predicted octanol–water partition coefficient (Wildman–Crippen LogP) is 2.16. The van der Waals surface area contributed by atoms with Crippen LogP contribution in [0.3, 0.4) is 0 Å². The Morgan fingerprint density at radius 1 is 1.37 bits per heavy atom. The lowest BCUT2D eigenvalue weighted by atomic mass is 10.3. The van der Waals surface area contributed by atoms with Crippen LogP contribution in [0.4, 0.5) is 13.2 Å². The number of halogens is 3. The van der Waals surface area contributed by atoms with Gasteiger partial charge < -0.3 is 4.90 Å². The maximum atomic E-state index is 13.4. The van der Waals surface area contributed by atoms with Crippen molar-refractivity contribution in [3.63, 3.8) is 0 Å². The van der Waals surface area contributed by atoms with E-state index < -0.39 is 32.5 Å². The van der Waals surface area contributed by atoms with E-state index >= 15 is 0 Å². The van der Waals surface area contributed by atoms with Gasteiger partial charge in [0.2, 0.25) is 0 Å². The van der Waals surface area contributed by atoms with Crippen LogP contribution in [0.5, 0.6) is 0 Å². The number of pyridine rings is 1. The Labute approximate surface area is 159 Å². The number of thiazole rings is 1. The van der Waals surface area contributed by atoms with E-state index in [4.69, 9.17) is 0 Å². The van der Waals surface area contributed by atoms with E-state index in [9.17, 15) is 26.4 Å². The summed E-state index contributed by atoms with van der Waals surface area (Å²) in [5.74, 6) is -1.20. The van der Waals surface area contributed by atoms with Crippen LogP contribution in [0, 0.1) is 0 Å². The Morgan fingerprint density at radius 2 is 2.04 bits per heavy atom. The van der Waals surface area contributed by atoms with Gasteiger partial charge in [-0.3, -0.25) is 4.79 Å². The molecule has 1 amide bonds. The molecule has 0 aliphatic rings. The van der Waals surface area contributed by atoms with Crippen LogP contribution in [0.2, 0.25) is 0 Å². The summed E-state index contributed by atoms with van der Waals surface area (Å²) in [6, 6.07) is 3.27. The molecular formula is C16H19F3N3O3S2+. The van der Waals surface area contributed by atoms with E-state index in [2.05, 4.69) is 4.98 Å². The maximum Gasteiger partial charge on any atom is 0.435 e. The molecule has 0 aliphatic heterocycles. The Kier molecular flexibility index (Phi) is 6.25. The molecule has 148 valence electrons. The molecule has 0 fully saturated rings. The van der Waals surface area contributed by atoms with E-state index in [1.165, 1.54) is 0 Å². The Bertz CT molecular complexity index is 940. The molecule has 0 atom stereocenters. The quantitative estimate of drug-likeness (QED) is 0.669. The zero-order chi connectivity index (χ0) is 20.4. The highest BCUT2D eigenvalue weighted by molar-refractivity contribution is 7.90. The number of aryl methyl sites for hydroxylation is 1. The van der Waals surface area contributed by atoms with Gasteiger partial charge in [0.1, 0.15) is 26.8 Å². The molecule has 2 aromatic heterocycles. The zero-order valence-electron chi connectivity index (χ0n) is 14.9. The van der Waals surface area contributed by atoms with Crippen molar-refractivity contribution in [2.75, 3.05) is 25.1 Å². The average molecular weight is 422 g/mol. The van der Waals surface area contributed by atoms with Gasteiger partial charge in [0, 0.05) is 25.4 Å². The van der Waals surface area contributed by atoms with Crippen molar-refractivity contribution in [2.24, 2.45) is 7.05 Å². The van der Waals surface area contributed by atoms with Crippen molar-refractivity contribution in [2.45, 2.75) is 13.1 Å². The van der Waals surface area contributed by atoms with Crippen LogP contribution >= 0.6 is 11.3 Å². The van der Waals surface area contributed by atoms with Crippen molar-refractivity contribution in [3.05, 3.63) is 35.1 Å². The van der Waals surface area contributed by atoms with Crippen molar-refractivity contribution >= 4 is 27.1 Å². The highest BCUT2D eigenvalue weighted by atomic mass is 32.2. The second-order valence-electron chi connectivity index (χ2n) is 5.97. The lowest BCUT2D eigenvalue weighted by molar-refractivity contribution is -0.671. The largest absolute Gasteiger partial charge is 0.435 e. The number of hydrogen-bond donors (Lipinski definition) is 0. The first-order valence-corrected chi connectivity index (χ1v) is 10.8. The molecule has 0 aromatic carbocycles. The number of nitrogens with zero attached hydrogens (tertiary/aromatic N) is 3. The molecule has 27 heavy (non-hydrogen) atoms. The van der Waals surface area contributed by atoms with Crippen molar-refractivity contribution < 1.29 is 31.0 Å². The second kappa shape index (κ2) is 7.93. The number of amides is 1. The summed E-state index contributed by atoms with van der Waals surface area (Å²) in [6.07, 6.45) is -0.466. The summed E-state index contributed by atoms with van der Waals surface area (Å²) in [5.41, 5.74) is -0.800. The normalized spacial score (nSPS) is 12.2. The van der Waals surface area contributed by atoms with Crippen molar-refractivity contribution in [3.8, 4) is 10.6 Å². The van der Waals surface area contributed by atoms with Gasteiger partial charge in [-0.15, -0.1) is 11.3 Å². The number of rotatable bonds is 6. The maximum absolute atomic E-state index is 13.4. The van der Waals surface area contributed by atoms with Gasteiger partial charge in [-0.2, -0.15) is 13.2 Å². The van der Waals surface area contributed by atoms with Crippen LogP contribution < -0.4 is 4.57 Å². The summed E-state index contributed by atoms with van der Waals surface area (Å²) < 4.78 is 64.6. The fourth-order valence-electron chi connectivity index (χ4n) is 2.32. The smallest absolute Gasteiger partial charge is 0.337 e. The minimum atomic E-state index is -4.80. The monoisotopic (exact) mass is 422 g/mol. The van der Waals surface area contributed by atoms with Crippen LogP contribution in [0.1, 0.15) is 22.3 Å². The number of sulfone groups is 1. The molecule has 2 aromatic rings. The topological polar surface area (TPSA) is 71.2 Å². The summed E-state index contributed by atoms with van der Waals surface area (Å²) in [6.45, 7) is 1.48. The first kappa shape index (κ1) is 21.3. The molecule has 2 rings (SSSR count). The molecule has 11 heteroatoms. The Morgan fingerprint density at radius 3 is 2.56 bits per heavy atom. The summed E-state index contributed by atoms with van der Waals surface area (Å²) in [5, 5.41) is 0.0704. The third-order valence-electron chi connectivity index (χ3n) is 3.68. The lowest BCUT2D eigenvalue weighted by Gasteiger charge is -2.20. The van der Waals surface area contributed by atoms with Gasteiger partial charge in [0.25, 0.3) is 5.91 Å². The first-order valence-electron chi connectivity index (χ1n) is 7.93. The molecular weight excluding hydrogens is 403 g/mol. The van der Waals surface area contributed by atoms with Gasteiger partial charge in [-0.25, -0.2) is 18.0 Å². The molecule has 0 aliphatic carbocycles. The fourth-order valence-corrected chi connectivity index (χ4v) is 3.91. The van der Waals surface area contributed by atoms with Crippen LogP contribution in [-0.2, 0) is 23.1 Å². The third kappa shape index (κ3) is 5.48. The number of hydrogen-bond acceptors (Lipinski definition) is 5. The predicted molar refractivity (Wildman–Crippen MR) is 95.0 cm³/mol. The van der Waals surface area contributed by atoms with E-state index in [-0.39, 0.29) is 23.8 Å². The lowest BCUT2D eigenvalue weighted by Crippen LogP contribution is -2.35. The third-order valence-corrected chi connectivity index (χ3v) is 5.69. The molecule has 0 unspecified atom stereocenters. The number of alkyl halides is 3. The molecule has 0 saturated heterocycles. The van der Waals surface area contributed by atoms with E-state index in [0.717, 1.165) is 11.2 Å². The van der Waals surface area contributed by atoms with Gasteiger partial charge >= 0.3 is 6.18 Å². The minimum absolute atomic E-state index is 0.0704. The minimum Gasteiger partial charge on any atom is -0.337 e. The van der Waals surface area contributed by atoms with Gasteiger partial charge in [-0.05, 0) is 13.0 Å². The van der Waals surface area contributed by atoms with E-state index in [0.29, 0.717) is 16.9 Å². The Balaban J connectivity index is 2.46. The number of carbonyl (C=O) groups is 1.